The molecule has 0 unspecified atom stereocenters. The van der Waals surface area contributed by atoms with Crippen molar-refractivity contribution in [2.45, 2.75) is 11.3 Å². The van der Waals surface area contributed by atoms with Gasteiger partial charge < -0.3 is 11.2 Å². The van der Waals surface area contributed by atoms with E-state index in [1.54, 1.807) is 5.32 Å². The van der Waals surface area contributed by atoms with Crippen LogP contribution in [0.3, 0.4) is 0 Å². The highest BCUT2D eigenvalue weighted by Crippen LogP contribution is 2.25. The van der Waals surface area contributed by atoms with Crippen LogP contribution in [0.1, 0.15) is 0 Å². The number of alkyl halides is 3. The highest BCUT2D eigenvalue weighted by molar-refractivity contribution is 7.99. The molecule has 0 spiro atoms. The van der Waals surface area contributed by atoms with Gasteiger partial charge >= 0.3 is 6.18 Å². The maximum atomic E-state index is 11.9. The molecule has 0 saturated carbocycles. The van der Waals surface area contributed by atoms with Crippen molar-refractivity contribution >= 4 is 29.0 Å². The van der Waals surface area contributed by atoms with Gasteiger partial charge in [-0.25, -0.2) is 4.68 Å². The molecule has 2 aromatic rings. The minimum Gasteiger partial charge on any atom is -0.346 e. The van der Waals surface area contributed by atoms with E-state index in [9.17, 15) is 18.0 Å². The van der Waals surface area contributed by atoms with Gasteiger partial charge in [-0.15, -0.1) is 21.5 Å². The number of nitrogens with zero attached hydrogens (tertiary/aromatic N) is 3. The van der Waals surface area contributed by atoms with Crippen LogP contribution in [-0.4, -0.2) is 39.3 Å². The van der Waals surface area contributed by atoms with E-state index in [-0.39, 0.29) is 10.9 Å². The Balaban J connectivity index is 1.91. The quantitative estimate of drug-likeness (QED) is 0.638. The van der Waals surface area contributed by atoms with E-state index in [0.717, 1.165) is 16.6 Å². The lowest BCUT2D eigenvalue weighted by atomic mass is 10.4. The normalized spacial score (nSPS) is 11.6. The van der Waals surface area contributed by atoms with E-state index in [0.29, 0.717) is 5.82 Å². The van der Waals surface area contributed by atoms with Gasteiger partial charge in [0.2, 0.25) is 11.1 Å². The second-order valence-corrected chi connectivity index (χ2v) is 5.72. The maximum absolute atomic E-state index is 11.9. The summed E-state index contributed by atoms with van der Waals surface area (Å²) in [5.74, 6) is 5.25. The summed E-state index contributed by atoms with van der Waals surface area (Å²) in [7, 11) is 0. The molecule has 0 aromatic carbocycles. The molecule has 0 aliphatic rings. The molecule has 2 aromatic heterocycles. The Kier molecular flexibility index (Phi) is 4.73. The Hall–Kier alpha value is -1.75. The number of carbonyl (C=O) groups excluding carboxylic acids is 1. The van der Waals surface area contributed by atoms with Crippen LogP contribution >= 0.6 is 23.1 Å². The fourth-order valence-electron chi connectivity index (χ4n) is 1.33. The average molecular weight is 337 g/mol. The van der Waals surface area contributed by atoms with E-state index in [2.05, 4.69) is 10.2 Å². The number of thiophene rings is 1. The van der Waals surface area contributed by atoms with Gasteiger partial charge in [0.15, 0.2) is 5.82 Å². The Bertz CT molecular complexity index is 611. The average Bonchev–Trinajstić information content (AvgIpc) is 3.02. The second kappa shape index (κ2) is 6.35. The number of halogens is 3. The number of hydrogen-bond acceptors (Lipinski definition) is 6. The monoisotopic (exact) mass is 337 g/mol. The molecular weight excluding hydrogens is 327 g/mol. The van der Waals surface area contributed by atoms with Crippen molar-refractivity contribution in [2.75, 3.05) is 18.1 Å². The van der Waals surface area contributed by atoms with Crippen molar-refractivity contribution in [1.29, 1.82) is 0 Å². The predicted octanol–water partition coefficient (Wildman–Crippen LogP) is 1.49. The molecule has 0 aliphatic carbocycles. The highest BCUT2D eigenvalue weighted by atomic mass is 32.2. The van der Waals surface area contributed by atoms with Crippen LogP contribution in [0.4, 0.5) is 13.2 Å². The number of amides is 1. The summed E-state index contributed by atoms with van der Waals surface area (Å²) >= 11 is 2.34. The molecule has 0 saturated heterocycles. The molecule has 2 rings (SSSR count). The summed E-state index contributed by atoms with van der Waals surface area (Å²) < 4.78 is 37.0. The summed E-state index contributed by atoms with van der Waals surface area (Å²) in [6, 6.07) is 3.63. The second-order valence-electron chi connectivity index (χ2n) is 3.83. The molecule has 2 heterocycles. The first-order valence-corrected chi connectivity index (χ1v) is 7.44. The van der Waals surface area contributed by atoms with Crippen molar-refractivity contribution < 1.29 is 18.0 Å². The Labute approximate surface area is 125 Å². The van der Waals surface area contributed by atoms with Crippen LogP contribution in [0.25, 0.3) is 10.7 Å². The molecule has 0 bridgehead atoms. The molecule has 0 fully saturated rings. The zero-order valence-corrected chi connectivity index (χ0v) is 12.1. The topological polar surface area (TPSA) is 85.8 Å². The van der Waals surface area contributed by atoms with Gasteiger partial charge in [0.05, 0.1) is 10.6 Å². The molecular formula is C10H10F3N5OS2. The third kappa shape index (κ3) is 4.36. The lowest BCUT2D eigenvalue weighted by Gasteiger charge is -2.07. The zero-order valence-electron chi connectivity index (χ0n) is 10.4. The molecule has 6 nitrogen and oxygen atoms in total. The zero-order chi connectivity index (χ0) is 15.5. The van der Waals surface area contributed by atoms with Gasteiger partial charge in [-0.1, -0.05) is 17.8 Å². The highest BCUT2D eigenvalue weighted by Gasteiger charge is 2.27. The fraction of sp³-hybridized carbons (Fsp3) is 0.300. The molecule has 21 heavy (non-hydrogen) atoms. The number of hydrogen-bond donors (Lipinski definition) is 2. The van der Waals surface area contributed by atoms with E-state index in [1.165, 1.54) is 16.0 Å². The van der Waals surface area contributed by atoms with E-state index < -0.39 is 18.6 Å². The molecule has 11 heteroatoms. The first-order chi connectivity index (χ1) is 9.87. The predicted molar refractivity (Wildman–Crippen MR) is 73.3 cm³/mol. The maximum Gasteiger partial charge on any atom is 0.405 e. The Morgan fingerprint density at radius 1 is 1.48 bits per heavy atom. The van der Waals surface area contributed by atoms with Gasteiger partial charge in [-0.05, 0) is 11.4 Å². The van der Waals surface area contributed by atoms with Crippen molar-refractivity contribution in [3.63, 3.8) is 0 Å². The number of aromatic nitrogens is 3. The standard InChI is InChI=1S/C10H10F3N5OS2/c11-10(12,13)5-15-7(19)4-21-9-17-16-8(18(9)14)6-2-1-3-20-6/h1-3H,4-5,14H2,(H,15,19). The van der Waals surface area contributed by atoms with Gasteiger partial charge in [-0.3, -0.25) is 4.79 Å². The summed E-state index contributed by atoms with van der Waals surface area (Å²) in [5, 5.41) is 11.6. The van der Waals surface area contributed by atoms with Crippen molar-refractivity contribution in [1.82, 2.24) is 20.2 Å². The van der Waals surface area contributed by atoms with E-state index in [1.807, 2.05) is 17.5 Å². The van der Waals surface area contributed by atoms with E-state index >= 15 is 0 Å². The van der Waals surface area contributed by atoms with Crippen molar-refractivity contribution in [3.05, 3.63) is 17.5 Å². The van der Waals surface area contributed by atoms with Gasteiger partial charge in [0.25, 0.3) is 0 Å². The summed E-state index contributed by atoms with van der Waals surface area (Å²) in [5.41, 5.74) is 0. The summed E-state index contributed by atoms with van der Waals surface area (Å²) in [6.07, 6.45) is -4.43. The fourth-order valence-corrected chi connectivity index (χ4v) is 2.72. The molecule has 114 valence electrons. The third-order valence-electron chi connectivity index (χ3n) is 2.22. The van der Waals surface area contributed by atoms with Crippen LogP contribution in [0.2, 0.25) is 0 Å². The smallest absolute Gasteiger partial charge is 0.346 e. The van der Waals surface area contributed by atoms with Crippen LogP contribution in [0.15, 0.2) is 22.7 Å². The van der Waals surface area contributed by atoms with Crippen LogP contribution < -0.4 is 11.2 Å². The lowest BCUT2D eigenvalue weighted by molar-refractivity contribution is -0.136. The van der Waals surface area contributed by atoms with Crippen LogP contribution in [0, 0.1) is 0 Å². The van der Waals surface area contributed by atoms with Crippen LogP contribution in [-0.2, 0) is 4.79 Å². The number of nitrogen functional groups attached to an aromatic ring is 1. The number of nitrogens with two attached hydrogens (primary N) is 1. The first kappa shape index (κ1) is 15.6. The Morgan fingerprint density at radius 3 is 2.86 bits per heavy atom. The van der Waals surface area contributed by atoms with Crippen molar-refractivity contribution in [2.24, 2.45) is 0 Å². The third-order valence-corrected chi connectivity index (χ3v) is 4.03. The van der Waals surface area contributed by atoms with Gasteiger partial charge in [-0.2, -0.15) is 13.2 Å². The Morgan fingerprint density at radius 2 is 2.24 bits per heavy atom. The van der Waals surface area contributed by atoms with Crippen LogP contribution in [0.5, 0.6) is 0 Å². The van der Waals surface area contributed by atoms with Gasteiger partial charge in [0, 0.05) is 0 Å². The summed E-state index contributed by atoms with van der Waals surface area (Å²) in [6.45, 7) is -1.36. The minimum absolute atomic E-state index is 0.226. The largest absolute Gasteiger partial charge is 0.405 e. The number of rotatable bonds is 5. The number of thioether (sulfide) groups is 1. The molecule has 3 N–H and O–H groups in total. The first-order valence-electron chi connectivity index (χ1n) is 5.57. The molecule has 0 radical (unpaired) electrons. The number of nitrogens with one attached hydrogen (secondary N) is 1. The molecule has 1 amide bonds. The molecule has 0 aliphatic heterocycles. The number of carbonyl (C=O) groups is 1. The van der Waals surface area contributed by atoms with Crippen molar-refractivity contribution in [3.8, 4) is 10.7 Å². The SMILES string of the molecule is Nn1c(SCC(=O)NCC(F)(F)F)nnc1-c1cccs1. The minimum atomic E-state index is -4.43. The molecule has 0 atom stereocenters. The van der Waals surface area contributed by atoms with Gasteiger partial charge in [0.1, 0.15) is 6.54 Å². The summed E-state index contributed by atoms with van der Waals surface area (Å²) in [4.78, 5) is 12.1. The lowest BCUT2D eigenvalue weighted by Crippen LogP contribution is -2.34. The van der Waals surface area contributed by atoms with E-state index in [4.69, 9.17) is 5.84 Å².